The second-order valence-corrected chi connectivity index (χ2v) is 4.14. The lowest BCUT2D eigenvalue weighted by atomic mass is 10.2. The van der Waals surface area contributed by atoms with Crippen molar-refractivity contribution in [2.45, 2.75) is 6.92 Å². The zero-order chi connectivity index (χ0) is 10.7. The summed E-state index contributed by atoms with van der Waals surface area (Å²) in [6, 6.07) is 5.59. The van der Waals surface area contributed by atoms with E-state index in [2.05, 4.69) is 21.2 Å². The lowest BCUT2D eigenvalue weighted by Gasteiger charge is -2.12. The summed E-state index contributed by atoms with van der Waals surface area (Å²) in [5.74, 6) is 0. The number of carbonyl (C=O) groups excluding carboxylic acids is 1. The second-order valence-electron chi connectivity index (χ2n) is 3.29. The average molecular weight is 257 g/mol. The zero-order valence-corrected chi connectivity index (χ0v) is 10.1. The number of urea groups is 1. The van der Waals surface area contributed by atoms with E-state index in [1.54, 1.807) is 14.1 Å². The Labute approximate surface area is 92.2 Å². The first kappa shape index (κ1) is 11.0. The smallest absolute Gasteiger partial charge is 0.321 e. The SMILES string of the molecule is Cc1ccc(NC(=O)N(C)C)cc1Br. The third kappa shape index (κ3) is 2.73. The summed E-state index contributed by atoms with van der Waals surface area (Å²) in [6.45, 7) is 2.00. The number of aryl methyl sites for hydroxylation is 1. The molecule has 1 N–H and O–H groups in total. The summed E-state index contributed by atoms with van der Waals surface area (Å²) < 4.78 is 0.994. The lowest BCUT2D eigenvalue weighted by Crippen LogP contribution is -2.27. The summed E-state index contributed by atoms with van der Waals surface area (Å²) in [5, 5.41) is 2.77. The Balaban J connectivity index is 2.78. The minimum atomic E-state index is -0.124. The maximum Gasteiger partial charge on any atom is 0.321 e. The Morgan fingerprint density at radius 2 is 2.07 bits per heavy atom. The molecule has 0 saturated carbocycles. The van der Waals surface area contributed by atoms with Crippen LogP contribution in [0.5, 0.6) is 0 Å². The van der Waals surface area contributed by atoms with Crippen LogP contribution in [0, 0.1) is 6.92 Å². The van der Waals surface area contributed by atoms with Gasteiger partial charge in [0, 0.05) is 24.3 Å². The van der Waals surface area contributed by atoms with Gasteiger partial charge in [0.2, 0.25) is 0 Å². The number of rotatable bonds is 1. The van der Waals surface area contributed by atoms with Crippen molar-refractivity contribution < 1.29 is 4.79 Å². The van der Waals surface area contributed by atoms with Gasteiger partial charge < -0.3 is 10.2 Å². The van der Waals surface area contributed by atoms with Crippen molar-refractivity contribution in [3.8, 4) is 0 Å². The van der Waals surface area contributed by atoms with E-state index < -0.39 is 0 Å². The predicted molar refractivity (Wildman–Crippen MR) is 61.6 cm³/mol. The maximum absolute atomic E-state index is 11.3. The Morgan fingerprint density at radius 1 is 1.43 bits per heavy atom. The summed E-state index contributed by atoms with van der Waals surface area (Å²) in [5.41, 5.74) is 1.94. The standard InChI is InChI=1S/C10H13BrN2O/c1-7-4-5-8(6-9(7)11)12-10(14)13(2)3/h4-6H,1-3H3,(H,12,14). The zero-order valence-electron chi connectivity index (χ0n) is 8.47. The van der Waals surface area contributed by atoms with Gasteiger partial charge in [-0.2, -0.15) is 0 Å². The first-order valence-corrected chi connectivity index (χ1v) is 5.04. The molecule has 4 heteroatoms. The molecule has 0 aromatic heterocycles. The van der Waals surface area contributed by atoms with Crippen LogP contribution in [-0.4, -0.2) is 25.0 Å². The Bertz CT molecular complexity index is 350. The van der Waals surface area contributed by atoms with E-state index in [1.807, 2.05) is 25.1 Å². The maximum atomic E-state index is 11.3. The number of halogens is 1. The molecular formula is C10H13BrN2O. The highest BCUT2D eigenvalue weighted by molar-refractivity contribution is 9.10. The molecule has 1 aromatic carbocycles. The second kappa shape index (κ2) is 4.46. The molecule has 76 valence electrons. The van der Waals surface area contributed by atoms with Gasteiger partial charge in [0.1, 0.15) is 0 Å². The van der Waals surface area contributed by atoms with Gasteiger partial charge >= 0.3 is 6.03 Å². The van der Waals surface area contributed by atoms with E-state index in [0.29, 0.717) is 0 Å². The number of carbonyl (C=O) groups is 1. The molecule has 2 amide bonds. The van der Waals surface area contributed by atoms with Crippen LogP contribution in [0.25, 0.3) is 0 Å². The number of nitrogens with zero attached hydrogens (tertiary/aromatic N) is 1. The van der Waals surface area contributed by atoms with Crippen molar-refractivity contribution in [3.05, 3.63) is 28.2 Å². The molecule has 0 unspecified atom stereocenters. The van der Waals surface area contributed by atoms with Crippen LogP contribution in [0.15, 0.2) is 22.7 Å². The molecule has 0 aliphatic carbocycles. The summed E-state index contributed by atoms with van der Waals surface area (Å²) in [7, 11) is 3.41. The van der Waals surface area contributed by atoms with Crippen LogP contribution >= 0.6 is 15.9 Å². The Hall–Kier alpha value is -1.03. The summed E-state index contributed by atoms with van der Waals surface area (Å²) >= 11 is 3.41. The largest absolute Gasteiger partial charge is 0.331 e. The quantitative estimate of drug-likeness (QED) is 0.824. The Morgan fingerprint density at radius 3 is 2.57 bits per heavy atom. The lowest BCUT2D eigenvalue weighted by molar-refractivity contribution is 0.230. The summed E-state index contributed by atoms with van der Waals surface area (Å²) in [4.78, 5) is 12.8. The number of hydrogen-bond acceptors (Lipinski definition) is 1. The van der Waals surface area contributed by atoms with Crippen molar-refractivity contribution in [3.63, 3.8) is 0 Å². The number of hydrogen-bond donors (Lipinski definition) is 1. The van der Waals surface area contributed by atoms with E-state index in [1.165, 1.54) is 4.90 Å². The van der Waals surface area contributed by atoms with E-state index in [-0.39, 0.29) is 6.03 Å². The fourth-order valence-electron chi connectivity index (χ4n) is 0.906. The minimum Gasteiger partial charge on any atom is -0.331 e. The highest BCUT2D eigenvalue weighted by atomic mass is 79.9. The highest BCUT2D eigenvalue weighted by Gasteiger charge is 2.04. The van der Waals surface area contributed by atoms with Gasteiger partial charge in [-0.15, -0.1) is 0 Å². The van der Waals surface area contributed by atoms with E-state index in [0.717, 1.165) is 15.7 Å². The van der Waals surface area contributed by atoms with Crippen molar-refractivity contribution >= 4 is 27.6 Å². The van der Waals surface area contributed by atoms with Crippen LogP contribution in [0.4, 0.5) is 10.5 Å². The minimum absolute atomic E-state index is 0.124. The number of benzene rings is 1. The molecule has 3 nitrogen and oxygen atoms in total. The molecule has 1 aromatic rings. The van der Waals surface area contributed by atoms with Gasteiger partial charge in [0.15, 0.2) is 0 Å². The topological polar surface area (TPSA) is 32.3 Å². The molecule has 0 bridgehead atoms. The van der Waals surface area contributed by atoms with Crippen molar-refractivity contribution in [2.75, 3.05) is 19.4 Å². The monoisotopic (exact) mass is 256 g/mol. The molecule has 14 heavy (non-hydrogen) atoms. The van der Waals surface area contributed by atoms with Crippen LogP contribution in [0.1, 0.15) is 5.56 Å². The molecule has 0 fully saturated rings. The van der Waals surface area contributed by atoms with Gasteiger partial charge in [-0.1, -0.05) is 22.0 Å². The van der Waals surface area contributed by atoms with Crippen molar-refractivity contribution in [2.24, 2.45) is 0 Å². The van der Waals surface area contributed by atoms with Crippen LogP contribution in [-0.2, 0) is 0 Å². The van der Waals surface area contributed by atoms with Crippen LogP contribution in [0.3, 0.4) is 0 Å². The molecule has 0 aliphatic rings. The Kier molecular flexibility index (Phi) is 3.52. The number of amides is 2. The van der Waals surface area contributed by atoms with Crippen molar-refractivity contribution in [1.82, 2.24) is 4.90 Å². The van der Waals surface area contributed by atoms with Gasteiger partial charge in [-0.3, -0.25) is 0 Å². The molecule has 1 rings (SSSR count). The van der Waals surface area contributed by atoms with Gasteiger partial charge in [0.25, 0.3) is 0 Å². The molecule has 0 saturated heterocycles. The van der Waals surface area contributed by atoms with Gasteiger partial charge in [-0.25, -0.2) is 4.79 Å². The highest BCUT2D eigenvalue weighted by Crippen LogP contribution is 2.20. The van der Waals surface area contributed by atoms with Gasteiger partial charge in [0.05, 0.1) is 0 Å². The van der Waals surface area contributed by atoms with Crippen LogP contribution < -0.4 is 5.32 Å². The first-order valence-electron chi connectivity index (χ1n) is 4.25. The third-order valence-corrected chi connectivity index (χ3v) is 2.68. The van der Waals surface area contributed by atoms with E-state index in [4.69, 9.17) is 0 Å². The molecule has 0 spiro atoms. The molecule has 0 heterocycles. The molecular weight excluding hydrogens is 244 g/mol. The predicted octanol–water partition coefficient (Wildman–Crippen LogP) is 2.85. The average Bonchev–Trinajstić information content (AvgIpc) is 2.11. The molecule has 0 atom stereocenters. The fourth-order valence-corrected chi connectivity index (χ4v) is 1.28. The van der Waals surface area contributed by atoms with Gasteiger partial charge in [-0.05, 0) is 24.6 Å². The van der Waals surface area contributed by atoms with Crippen molar-refractivity contribution in [1.29, 1.82) is 0 Å². The number of nitrogens with one attached hydrogen (secondary N) is 1. The van der Waals surface area contributed by atoms with Crippen LogP contribution in [0.2, 0.25) is 0 Å². The van der Waals surface area contributed by atoms with E-state index >= 15 is 0 Å². The summed E-state index contributed by atoms with van der Waals surface area (Å²) in [6.07, 6.45) is 0. The fraction of sp³-hybridized carbons (Fsp3) is 0.300. The normalized spacial score (nSPS) is 9.71. The molecule has 0 radical (unpaired) electrons. The molecule has 0 aliphatic heterocycles. The van der Waals surface area contributed by atoms with E-state index in [9.17, 15) is 4.79 Å². The number of anilines is 1. The third-order valence-electron chi connectivity index (χ3n) is 1.83. The first-order chi connectivity index (χ1) is 6.50.